The second-order valence-corrected chi connectivity index (χ2v) is 8.73. The number of carbonyl (C=O) groups excluding carboxylic acids is 1. The molecule has 0 fully saturated rings. The molecule has 2 unspecified atom stereocenters. The van der Waals surface area contributed by atoms with Gasteiger partial charge < -0.3 is 10.6 Å². The van der Waals surface area contributed by atoms with Gasteiger partial charge in [-0.05, 0) is 59.9 Å². The summed E-state index contributed by atoms with van der Waals surface area (Å²) in [7, 11) is 0. The molecule has 6 heteroatoms. The second-order valence-electron chi connectivity index (χ2n) is 7.89. The van der Waals surface area contributed by atoms with Crippen LogP contribution in [-0.4, -0.2) is 5.78 Å². The normalized spacial score (nSPS) is 20.3. The Morgan fingerprint density at radius 3 is 2.39 bits per heavy atom. The van der Waals surface area contributed by atoms with Gasteiger partial charge in [-0.15, -0.1) is 0 Å². The van der Waals surface area contributed by atoms with Gasteiger partial charge in [-0.25, -0.2) is 4.39 Å². The number of para-hydroxylation sites is 2. The van der Waals surface area contributed by atoms with Crippen LogP contribution in [0.15, 0.2) is 78.0 Å². The first-order valence-electron chi connectivity index (χ1n) is 10.1. The Morgan fingerprint density at radius 1 is 0.903 bits per heavy atom. The molecule has 2 aliphatic rings. The van der Waals surface area contributed by atoms with Gasteiger partial charge >= 0.3 is 0 Å². The second kappa shape index (κ2) is 8.03. The van der Waals surface area contributed by atoms with E-state index in [1.165, 1.54) is 12.1 Å². The van der Waals surface area contributed by atoms with Crippen molar-refractivity contribution in [1.29, 1.82) is 0 Å². The van der Waals surface area contributed by atoms with Crippen LogP contribution < -0.4 is 10.6 Å². The maximum absolute atomic E-state index is 13.5. The van der Waals surface area contributed by atoms with E-state index >= 15 is 0 Å². The molecule has 5 rings (SSSR count). The lowest BCUT2D eigenvalue weighted by Gasteiger charge is -2.30. The van der Waals surface area contributed by atoms with Crippen molar-refractivity contribution in [1.82, 2.24) is 0 Å². The SMILES string of the molecule is O=C1CC(c2ccc(F)cc2)CC2=C1C(c1ccc(Cl)cc1Cl)Nc1ccccc1N2. The lowest BCUT2D eigenvalue weighted by atomic mass is 9.78. The number of halogens is 3. The van der Waals surface area contributed by atoms with Crippen LogP contribution in [0.4, 0.5) is 15.8 Å². The van der Waals surface area contributed by atoms with Gasteiger partial charge in [0.15, 0.2) is 5.78 Å². The number of ketones is 1. The highest BCUT2D eigenvalue weighted by Gasteiger charge is 2.36. The zero-order chi connectivity index (χ0) is 21.5. The molecule has 3 aromatic carbocycles. The Bertz CT molecular complexity index is 1210. The molecular weight excluding hydrogens is 434 g/mol. The summed E-state index contributed by atoms with van der Waals surface area (Å²) in [5, 5.41) is 8.04. The Morgan fingerprint density at radius 2 is 1.65 bits per heavy atom. The number of rotatable bonds is 2. The van der Waals surface area contributed by atoms with Crippen molar-refractivity contribution < 1.29 is 9.18 Å². The van der Waals surface area contributed by atoms with Crippen LogP contribution in [0.1, 0.15) is 35.9 Å². The molecule has 0 bridgehead atoms. The number of Topliss-reactive ketones (excluding diaryl/α,β-unsaturated/α-hetero) is 1. The smallest absolute Gasteiger partial charge is 0.163 e. The fourth-order valence-electron chi connectivity index (χ4n) is 4.43. The molecule has 0 amide bonds. The molecule has 156 valence electrons. The number of fused-ring (bicyclic) bond motifs is 1. The highest BCUT2D eigenvalue weighted by molar-refractivity contribution is 6.35. The average Bonchev–Trinajstić information content (AvgIpc) is 2.91. The minimum atomic E-state index is -0.405. The molecule has 0 aromatic heterocycles. The van der Waals surface area contributed by atoms with Gasteiger partial charge in [0, 0.05) is 27.7 Å². The molecule has 3 aromatic rings. The highest BCUT2D eigenvalue weighted by atomic mass is 35.5. The van der Waals surface area contributed by atoms with E-state index in [2.05, 4.69) is 10.6 Å². The molecule has 0 saturated heterocycles. The molecule has 31 heavy (non-hydrogen) atoms. The lowest BCUT2D eigenvalue weighted by molar-refractivity contribution is -0.116. The summed E-state index contributed by atoms with van der Waals surface area (Å²) in [5.74, 6) is -0.265. The van der Waals surface area contributed by atoms with Crippen LogP contribution >= 0.6 is 23.2 Å². The van der Waals surface area contributed by atoms with Crippen LogP contribution in [0.25, 0.3) is 0 Å². The minimum absolute atomic E-state index is 0.0223. The summed E-state index contributed by atoms with van der Waals surface area (Å²) >= 11 is 12.7. The van der Waals surface area contributed by atoms with Crippen molar-refractivity contribution >= 4 is 40.4 Å². The van der Waals surface area contributed by atoms with Crippen molar-refractivity contribution in [2.45, 2.75) is 24.8 Å². The Labute approximate surface area is 189 Å². The number of hydrogen-bond acceptors (Lipinski definition) is 3. The van der Waals surface area contributed by atoms with Gasteiger partial charge in [0.05, 0.1) is 17.4 Å². The van der Waals surface area contributed by atoms with Crippen molar-refractivity contribution in [3.05, 3.63) is 105 Å². The highest BCUT2D eigenvalue weighted by Crippen LogP contribution is 2.45. The van der Waals surface area contributed by atoms with Crippen molar-refractivity contribution in [3.63, 3.8) is 0 Å². The summed E-state index contributed by atoms with van der Waals surface area (Å²) in [4.78, 5) is 13.5. The van der Waals surface area contributed by atoms with Gasteiger partial charge in [-0.2, -0.15) is 0 Å². The number of hydrogen-bond donors (Lipinski definition) is 2. The van der Waals surface area contributed by atoms with Crippen LogP contribution in [-0.2, 0) is 4.79 Å². The van der Waals surface area contributed by atoms with Gasteiger partial charge in [0.1, 0.15) is 5.82 Å². The fraction of sp³-hybridized carbons (Fsp3) is 0.160. The van der Waals surface area contributed by atoms with Crippen molar-refractivity contribution in [2.24, 2.45) is 0 Å². The maximum atomic E-state index is 13.5. The molecule has 0 spiro atoms. The first kappa shape index (κ1) is 20.1. The number of carbonyl (C=O) groups is 1. The molecule has 2 N–H and O–H groups in total. The Balaban J connectivity index is 1.62. The topological polar surface area (TPSA) is 41.1 Å². The third-order valence-corrected chi connectivity index (χ3v) is 6.49. The number of benzene rings is 3. The van der Waals surface area contributed by atoms with Crippen LogP contribution in [0.2, 0.25) is 10.0 Å². The molecule has 1 aliphatic carbocycles. The molecule has 0 saturated carbocycles. The number of nitrogens with one attached hydrogen (secondary N) is 2. The summed E-state index contributed by atoms with van der Waals surface area (Å²) in [6, 6.07) is 19.2. The third-order valence-electron chi connectivity index (χ3n) is 5.92. The van der Waals surface area contributed by atoms with E-state index in [-0.39, 0.29) is 17.5 Å². The van der Waals surface area contributed by atoms with Crippen LogP contribution in [0, 0.1) is 5.82 Å². The maximum Gasteiger partial charge on any atom is 0.163 e. The van der Waals surface area contributed by atoms with Crippen molar-refractivity contribution in [3.8, 4) is 0 Å². The molecule has 0 radical (unpaired) electrons. The van der Waals surface area contributed by atoms with E-state index in [1.807, 2.05) is 30.3 Å². The van der Waals surface area contributed by atoms with Gasteiger partial charge in [-0.1, -0.05) is 53.5 Å². The molecule has 3 nitrogen and oxygen atoms in total. The number of allylic oxidation sites excluding steroid dienone is 1. The van der Waals surface area contributed by atoms with E-state index in [1.54, 1.807) is 24.3 Å². The Hall–Kier alpha value is -2.82. The van der Waals surface area contributed by atoms with E-state index in [0.717, 1.165) is 28.2 Å². The monoisotopic (exact) mass is 452 g/mol. The van der Waals surface area contributed by atoms with E-state index in [0.29, 0.717) is 28.5 Å². The predicted octanol–water partition coefficient (Wildman–Crippen LogP) is 7.11. The summed E-state index contributed by atoms with van der Waals surface area (Å²) in [5.41, 5.74) is 5.08. The zero-order valence-electron chi connectivity index (χ0n) is 16.5. The van der Waals surface area contributed by atoms with E-state index in [4.69, 9.17) is 23.2 Å². The van der Waals surface area contributed by atoms with E-state index < -0.39 is 6.04 Å². The molecule has 2 atom stereocenters. The van der Waals surface area contributed by atoms with E-state index in [9.17, 15) is 9.18 Å². The third kappa shape index (κ3) is 3.82. The molecule has 1 aliphatic heterocycles. The van der Waals surface area contributed by atoms with Gasteiger partial charge in [0.25, 0.3) is 0 Å². The summed E-state index contributed by atoms with van der Waals surface area (Å²) in [6.45, 7) is 0. The Kier molecular flexibility index (Phi) is 5.20. The largest absolute Gasteiger partial charge is 0.372 e. The standard InChI is InChI=1S/C25H19Cl2FN2O/c26-16-7-10-18(19(27)13-16)25-24-22(29-20-3-1-2-4-21(20)30-25)11-15(12-23(24)31)14-5-8-17(28)9-6-14/h1-10,13,15,25,29-30H,11-12H2. The average molecular weight is 453 g/mol. The van der Waals surface area contributed by atoms with Crippen LogP contribution in [0.5, 0.6) is 0 Å². The summed E-state index contributed by atoms with van der Waals surface area (Å²) in [6.07, 6.45) is 0.996. The van der Waals surface area contributed by atoms with Crippen molar-refractivity contribution in [2.75, 3.05) is 10.6 Å². The molecule has 1 heterocycles. The quantitative estimate of drug-likeness (QED) is 0.435. The molecular formula is C25H19Cl2FN2O. The van der Waals surface area contributed by atoms with Gasteiger partial charge in [0.2, 0.25) is 0 Å². The lowest BCUT2D eigenvalue weighted by Crippen LogP contribution is -2.27. The summed E-state index contributed by atoms with van der Waals surface area (Å²) < 4.78 is 13.4. The first-order chi connectivity index (χ1) is 15.0. The van der Waals surface area contributed by atoms with Crippen LogP contribution in [0.3, 0.4) is 0 Å². The minimum Gasteiger partial charge on any atom is -0.372 e. The zero-order valence-corrected chi connectivity index (χ0v) is 18.0. The number of anilines is 2. The fourth-order valence-corrected chi connectivity index (χ4v) is 4.95. The van der Waals surface area contributed by atoms with Gasteiger partial charge in [-0.3, -0.25) is 4.79 Å². The predicted molar refractivity (Wildman–Crippen MR) is 123 cm³/mol. The first-order valence-corrected chi connectivity index (χ1v) is 10.8.